The second-order valence-electron chi connectivity index (χ2n) is 9.48. The van der Waals surface area contributed by atoms with Crippen molar-refractivity contribution in [1.82, 2.24) is 4.98 Å². The summed E-state index contributed by atoms with van der Waals surface area (Å²) < 4.78 is 42.2. The molecule has 2 aromatic carbocycles. The molecule has 0 aliphatic heterocycles. The first-order valence-corrected chi connectivity index (χ1v) is 10.7. The first-order valence-electron chi connectivity index (χ1n) is 10.7. The van der Waals surface area contributed by atoms with Crippen LogP contribution in [0.1, 0.15) is 36.2 Å². The van der Waals surface area contributed by atoms with E-state index in [0.717, 1.165) is 21.9 Å². The number of benzene rings is 2. The van der Waals surface area contributed by atoms with Crippen LogP contribution in [0.4, 0.5) is 13.2 Å². The average molecular weight is 438 g/mol. The van der Waals surface area contributed by atoms with E-state index in [4.69, 9.17) is 0 Å². The minimum Gasteiger partial charge on any atom is -0.253 e. The first-order chi connectivity index (χ1) is 14.9. The third-order valence-electron chi connectivity index (χ3n) is 6.50. The van der Waals surface area contributed by atoms with Crippen LogP contribution in [0, 0.1) is 26.2 Å². The molecule has 0 aliphatic rings. The second kappa shape index (κ2) is 7.58. The topological polar surface area (TPSA) is 16.8 Å². The highest BCUT2D eigenvalue weighted by atomic mass is 19.4. The lowest BCUT2D eigenvalue weighted by atomic mass is 9.86. The van der Waals surface area contributed by atoms with Crippen molar-refractivity contribution in [2.75, 3.05) is 0 Å². The fraction of sp³-hybridized carbons (Fsp3) is 0.333. The second-order valence-corrected chi connectivity index (χ2v) is 9.48. The van der Waals surface area contributed by atoms with Crippen molar-refractivity contribution in [2.45, 2.75) is 47.2 Å². The van der Waals surface area contributed by atoms with Crippen LogP contribution in [0.3, 0.4) is 0 Å². The summed E-state index contributed by atoms with van der Waals surface area (Å²) in [6.07, 6.45) is -2.39. The maximum absolute atomic E-state index is 13.3. The molecule has 32 heavy (non-hydrogen) atoms. The van der Waals surface area contributed by atoms with Gasteiger partial charge in [0.1, 0.15) is 7.05 Å². The lowest BCUT2D eigenvalue weighted by molar-refractivity contribution is -0.659. The third-order valence-corrected chi connectivity index (χ3v) is 6.50. The fourth-order valence-electron chi connectivity index (χ4n) is 4.38. The van der Waals surface area contributed by atoms with Crippen LogP contribution in [0.25, 0.3) is 32.9 Å². The Morgan fingerprint density at radius 2 is 1.56 bits per heavy atom. The Bertz CT molecular complexity index is 1350. The molecule has 0 atom stereocenters. The van der Waals surface area contributed by atoms with Crippen LogP contribution in [-0.2, 0) is 13.5 Å². The Labute approximate surface area is 186 Å². The molecular formula is C27H28F3N2+. The Kier molecular flexibility index (Phi) is 5.27. The molecular weight excluding hydrogens is 409 g/mol. The molecule has 5 heteroatoms. The van der Waals surface area contributed by atoms with Crippen molar-refractivity contribution in [3.63, 3.8) is 0 Å². The fourth-order valence-corrected chi connectivity index (χ4v) is 4.38. The van der Waals surface area contributed by atoms with E-state index >= 15 is 0 Å². The number of nitrogens with zero attached hydrogens (tertiary/aromatic N) is 2. The molecule has 2 heterocycles. The number of hydrogen-bond acceptors (Lipinski definition) is 1. The number of halogens is 3. The van der Waals surface area contributed by atoms with E-state index in [2.05, 4.69) is 48.5 Å². The van der Waals surface area contributed by atoms with Crippen molar-refractivity contribution in [2.24, 2.45) is 12.5 Å². The van der Waals surface area contributed by atoms with Crippen molar-refractivity contribution in [3.05, 3.63) is 71.0 Å². The number of aryl methyl sites for hydroxylation is 3. The van der Waals surface area contributed by atoms with E-state index in [9.17, 15) is 13.2 Å². The molecule has 166 valence electrons. The predicted molar refractivity (Wildman–Crippen MR) is 124 cm³/mol. The average Bonchev–Trinajstić information content (AvgIpc) is 2.69. The van der Waals surface area contributed by atoms with Crippen LogP contribution in [0.15, 0.2) is 48.7 Å². The van der Waals surface area contributed by atoms with Gasteiger partial charge in [0.05, 0.1) is 21.9 Å². The minimum absolute atomic E-state index is 0.152. The molecule has 0 radical (unpaired) electrons. The van der Waals surface area contributed by atoms with Gasteiger partial charge in [-0.05, 0) is 56.2 Å². The molecule has 0 amide bonds. The number of alkyl halides is 3. The van der Waals surface area contributed by atoms with Gasteiger partial charge in [-0.15, -0.1) is 0 Å². The highest BCUT2D eigenvalue weighted by molar-refractivity contribution is 6.09. The summed E-state index contributed by atoms with van der Waals surface area (Å²) in [5.74, 6) is 0. The molecule has 0 bridgehead atoms. The Hall–Kier alpha value is -2.95. The molecule has 0 unspecified atom stereocenters. The molecule has 0 saturated carbocycles. The third kappa shape index (κ3) is 3.74. The molecule has 0 spiro atoms. The summed E-state index contributed by atoms with van der Waals surface area (Å²) in [4.78, 5) is 4.59. The van der Waals surface area contributed by atoms with E-state index < -0.39 is 11.6 Å². The van der Waals surface area contributed by atoms with E-state index in [-0.39, 0.29) is 6.42 Å². The Morgan fingerprint density at radius 1 is 0.875 bits per heavy atom. The SMILES string of the molecule is Cc1cc(C)c(C)c(-c2c3ccc4nc(CC(C)(C)C(F)(F)F)ccc4c3cc[n+]2C)c1. The van der Waals surface area contributed by atoms with Gasteiger partial charge < -0.3 is 0 Å². The van der Waals surface area contributed by atoms with Crippen LogP contribution in [-0.4, -0.2) is 11.2 Å². The zero-order valence-electron chi connectivity index (χ0n) is 19.4. The van der Waals surface area contributed by atoms with Crippen LogP contribution in [0.5, 0.6) is 0 Å². The first kappa shape index (κ1) is 22.3. The van der Waals surface area contributed by atoms with E-state index in [1.54, 1.807) is 6.07 Å². The zero-order valence-corrected chi connectivity index (χ0v) is 19.4. The summed E-state index contributed by atoms with van der Waals surface area (Å²) in [5.41, 5.74) is 5.34. The van der Waals surface area contributed by atoms with Gasteiger partial charge in [0.15, 0.2) is 6.20 Å². The minimum atomic E-state index is -4.28. The van der Waals surface area contributed by atoms with Crippen molar-refractivity contribution in [3.8, 4) is 11.3 Å². The standard InChI is InChI=1S/C27H28F3N2/c1-16-13-17(2)18(3)23(14-16)25-22-9-10-24-21(20(22)11-12-32(25)6)8-7-19(31-24)15-26(4,5)27(28,29)30/h7-14H,15H2,1-6H3/q+1. The van der Waals surface area contributed by atoms with Crippen molar-refractivity contribution >= 4 is 21.7 Å². The number of rotatable bonds is 3. The number of pyridine rings is 2. The van der Waals surface area contributed by atoms with Gasteiger partial charge in [-0.25, -0.2) is 4.57 Å². The lowest BCUT2D eigenvalue weighted by Gasteiger charge is -2.27. The summed E-state index contributed by atoms with van der Waals surface area (Å²) in [6, 6.07) is 14.0. The monoisotopic (exact) mass is 437 g/mol. The molecule has 0 fully saturated rings. The maximum Gasteiger partial charge on any atom is 0.394 e. The Balaban J connectivity index is 1.90. The summed E-state index contributed by atoms with van der Waals surface area (Å²) in [5, 5.41) is 3.09. The highest BCUT2D eigenvalue weighted by Gasteiger charge is 2.47. The Morgan fingerprint density at radius 3 is 2.25 bits per heavy atom. The van der Waals surface area contributed by atoms with Gasteiger partial charge in [-0.3, -0.25) is 4.98 Å². The summed E-state index contributed by atoms with van der Waals surface area (Å²) in [7, 11) is 2.04. The molecule has 0 aliphatic carbocycles. The molecule has 0 saturated heterocycles. The molecule has 2 nitrogen and oxygen atoms in total. The molecule has 2 aromatic heterocycles. The van der Waals surface area contributed by atoms with Crippen LogP contribution >= 0.6 is 0 Å². The van der Waals surface area contributed by atoms with Crippen LogP contribution < -0.4 is 4.57 Å². The quantitative estimate of drug-likeness (QED) is 0.251. The maximum atomic E-state index is 13.3. The van der Waals surface area contributed by atoms with E-state index in [1.165, 1.54) is 36.1 Å². The normalized spacial score (nSPS) is 12.7. The predicted octanol–water partition coefficient (Wildman–Crippen LogP) is 6.94. The largest absolute Gasteiger partial charge is 0.394 e. The molecule has 4 rings (SSSR count). The van der Waals surface area contributed by atoms with Gasteiger partial charge >= 0.3 is 6.18 Å². The smallest absolute Gasteiger partial charge is 0.253 e. The highest BCUT2D eigenvalue weighted by Crippen LogP contribution is 2.40. The van der Waals surface area contributed by atoms with Gasteiger partial charge in [-0.1, -0.05) is 31.5 Å². The van der Waals surface area contributed by atoms with Gasteiger partial charge in [0, 0.05) is 29.0 Å². The summed E-state index contributed by atoms with van der Waals surface area (Å²) in [6.45, 7) is 8.81. The van der Waals surface area contributed by atoms with E-state index in [1.807, 2.05) is 31.4 Å². The van der Waals surface area contributed by atoms with Gasteiger partial charge in [0.25, 0.3) is 0 Å². The summed E-state index contributed by atoms with van der Waals surface area (Å²) >= 11 is 0. The van der Waals surface area contributed by atoms with Crippen LogP contribution in [0.2, 0.25) is 0 Å². The van der Waals surface area contributed by atoms with Crippen molar-refractivity contribution < 1.29 is 17.7 Å². The number of fused-ring (bicyclic) bond motifs is 3. The van der Waals surface area contributed by atoms with E-state index in [0.29, 0.717) is 11.2 Å². The number of aromatic nitrogens is 2. The van der Waals surface area contributed by atoms with Gasteiger partial charge in [-0.2, -0.15) is 13.2 Å². The lowest BCUT2D eigenvalue weighted by Crippen LogP contribution is -2.34. The zero-order chi connectivity index (χ0) is 23.4. The molecule has 0 N–H and O–H groups in total. The van der Waals surface area contributed by atoms with Crippen molar-refractivity contribution in [1.29, 1.82) is 0 Å². The molecule has 4 aromatic rings. The van der Waals surface area contributed by atoms with Gasteiger partial charge in [0.2, 0.25) is 5.69 Å². The number of hydrogen-bond donors (Lipinski definition) is 0.